The molecule has 2 aromatic carbocycles. The molecular weight excluding hydrogens is 412 g/mol. The van der Waals surface area contributed by atoms with Crippen molar-refractivity contribution < 1.29 is 18.9 Å². The maximum Gasteiger partial charge on any atom is 0.214 e. The molecule has 0 radical (unpaired) electrons. The minimum atomic E-state index is -0.940. The van der Waals surface area contributed by atoms with Crippen molar-refractivity contribution in [3.63, 3.8) is 0 Å². The Balaban J connectivity index is 1.27. The van der Waals surface area contributed by atoms with Gasteiger partial charge in [-0.25, -0.2) is 9.67 Å². The Bertz CT molecular complexity index is 1120. The monoisotopic (exact) mass is 434 g/mol. The molecule has 1 saturated heterocycles. The van der Waals surface area contributed by atoms with Crippen LogP contribution >= 0.6 is 0 Å². The van der Waals surface area contributed by atoms with E-state index in [1.807, 2.05) is 59.3 Å². The molecule has 164 valence electrons. The van der Waals surface area contributed by atoms with E-state index in [-0.39, 0.29) is 6.10 Å². The van der Waals surface area contributed by atoms with Crippen LogP contribution in [-0.2, 0) is 21.8 Å². The Labute approximate surface area is 184 Å². The second-order valence-electron chi connectivity index (χ2n) is 7.33. The third-order valence-corrected chi connectivity index (χ3v) is 5.23. The number of benzene rings is 2. The van der Waals surface area contributed by atoms with E-state index < -0.39 is 5.79 Å². The third-order valence-electron chi connectivity index (χ3n) is 5.23. The molecule has 1 aliphatic heterocycles. The van der Waals surface area contributed by atoms with Crippen LogP contribution in [0.25, 0.3) is 5.69 Å². The minimum Gasteiger partial charge on any atom is -0.497 e. The van der Waals surface area contributed by atoms with Gasteiger partial charge < -0.3 is 23.5 Å². The Morgan fingerprint density at radius 2 is 1.88 bits per heavy atom. The lowest BCUT2D eigenvalue weighted by Crippen LogP contribution is -2.34. The predicted molar refractivity (Wildman–Crippen MR) is 112 cm³/mol. The van der Waals surface area contributed by atoms with Crippen molar-refractivity contribution >= 4 is 0 Å². The van der Waals surface area contributed by atoms with Crippen LogP contribution in [0.2, 0.25) is 0 Å². The van der Waals surface area contributed by atoms with Crippen molar-refractivity contribution in [2.45, 2.75) is 18.4 Å². The minimum absolute atomic E-state index is 0.236. The molecule has 10 nitrogen and oxygen atoms in total. The molecule has 2 unspecified atom stereocenters. The Morgan fingerprint density at radius 3 is 2.56 bits per heavy atom. The van der Waals surface area contributed by atoms with Crippen LogP contribution in [0.4, 0.5) is 0 Å². The SMILES string of the molecule is COc1ccc(C2(Cn3ccnc3)OCC(COc3ccc(-n4cnnn4)cc3)O2)cc1. The lowest BCUT2D eigenvalue weighted by Gasteiger charge is -2.29. The fourth-order valence-corrected chi connectivity index (χ4v) is 3.60. The molecule has 5 rings (SSSR count). The number of hydrogen-bond donors (Lipinski definition) is 0. The summed E-state index contributed by atoms with van der Waals surface area (Å²) in [6.45, 7) is 1.23. The van der Waals surface area contributed by atoms with Gasteiger partial charge in [0, 0.05) is 18.0 Å². The van der Waals surface area contributed by atoms with Crippen molar-refractivity contribution in [3.05, 3.63) is 79.1 Å². The zero-order chi connectivity index (χ0) is 21.8. The highest BCUT2D eigenvalue weighted by Crippen LogP contribution is 2.37. The first-order valence-corrected chi connectivity index (χ1v) is 10.1. The van der Waals surface area contributed by atoms with Gasteiger partial charge in [-0.1, -0.05) is 0 Å². The van der Waals surface area contributed by atoms with E-state index in [9.17, 15) is 0 Å². The lowest BCUT2D eigenvalue weighted by atomic mass is 10.1. The smallest absolute Gasteiger partial charge is 0.214 e. The van der Waals surface area contributed by atoms with E-state index in [4.69, 9.17) is 18.9 Å². The molecular formula is C22H22N6O4. The largest absolute Gasteiger partial charge is 0.497 e. The Morgan fingerprint density at radius 1 is 1.06 bits per heavy atom. The van der Waals surface area contributed by atoms with E-state index >= 15 is 0 Å². The lowest BCUT2D eigenvalue weighted by molar-refractivity contribution is -0.189. The van der Waals surface area contributed by atoms with Crippen LogP contribution in [0.3, 0.4) is 0 Å². The Hall–Kier alpha value is -3.76. The molecule has 4 aromatic rings. The number of rotatable bonds is 8. The summed E-state index contributed by atoms with van der Waals surface area (Å²) in [4.78, 5) is 4.13. The molecule has 1 aliphatic rings. The predicted octanol–water partition coefficient (Wildman–Crippen LogP) is 2.21. The number of methoxy groups -OCH3 is 1. The molecule has 3 heterocycles. The van der Waals surface area contributed by atoms with Crippen LogP contribution in [0, 0.1) is 0 Å². The first kappa shape index (κ1) is 20.2. The van der Waals surface area contributed by atoms with Gasteiger partial charge in [0.1, 0.15) is 30.5 Å². The molecule has 2 aromatic heterocycles. The van der Waals surface area contributed by atoms with Crippen molar-refractivity contribution in [2.75, 3.05) is 20.3 Å². The van der Waals surface area contributed by atoms with E-state index in [1.165, 1.54) is 0 Å². The molecule has 32 heavy (non-hydrogen) atoms. The van der Waals surface area contributed by atoms with Gasteiger partial charge in [-0.05, 0) is 59.0 Å². The van der Waals surface area contributed by atoms with Crippen LogP contribution in [0.5, 0.6) is 11.5 Å². The fraction of sp³-hybridized carbons (Fsp3) is 0.273. The average molecular weight is 434 g/mol. The zero-order valence-electron chi connectivity index (χ0n) is 17.4. The maximum atomic E-state index is 6.42. The molecule has 1 fully saturated rings. The highest BCUT2D eigenvalue weighted by molar-refractivity contribution is 5.36. The number of tetrazole rings is 1. The highest BCUT2D eigenvalue weighted by Gasteiger charge is 2.44. The van der Waals surface area contributed by atoms with E-state index in [2.05, 4.69) is 20.5 Å². The normalized spacial score (nSPS) is 20.3. The number of hydrogen-bond acceptors (Lipinski definition) is 8. The summed E-state index contributed by atoms with van der Waals surface area (Å²) < 4.78 is 27.4. The van der Waals surface area contributed by atoms with Gasteiger partial charge in [-0.2, -0.15) is 0 Å². The van der Waals surface area contributed by atoms with Crippen molar-refractivity contribution in [2.24, 2.45) is 0 Å². The molecule has 0 spiro atoms. The average Bonchev–Trinajstić information content (AvgIpc) is 3.62. The number of nitrogens with zero attached hydrogens (tertiary/aromatic N) is 6. The van der Waals surface area contributed by atoms with E-state index in [1.54, 1.807) is 30.6 Å². The first-order valence-electron chi connectivity index (χ1n) is 10.1. The molecule has 0 N–H and O–H groups in total. The number of imidazole rings is 1. The highest BCUT2D eigenvalue weighted by atomic mass is 16.8. The van der Waals surface area contributed by atoms with Gasteiger partial charge >= 0.3 is 0 Å². The summed E-state index contributed by atoms with van der Waals surface area (Å²) in [7, 11) is 1.64. The summed E-state index contributed by atoms with van der Waals surface area (Å²) in [5.41, 5.74) is 1.75. The summed E-state index contributed by atoms with van der Waals surface area (Å²) in [6, 6.07) is 15.2. The van der Waals surface area contributed by atoms with Crippen LogP contribution in [-0.4, -0.2) is 56.2 Å². The van der Waals surface area contributed by atoms with Gasteiger partial charge in [0.15, 0.2) is 0 Å². The fourth-order valence-electron chi connectivity index (χ4n) is 3.60. The van der Waals surface area contributed by atoms with Gasteiger partial charge in [0.25, 0.3) is 0 Å². The molecule has 2 atom stereocenters. The van der Waals surface area contributed by atoms with Crippen molar-refractivity contribution in [1.82, 2.24) is 29.8 Å². The second-order valence-corrected chi connectivity index (χ2v) is 7.33. The zero-order valence-corrected chi connectivity index (χ0v) is 17.4. The Kier molecular flexibility index (Phi) is 5.53. The molecule has 0 saturated carbocycles. The molecule has 10 heteroatoms. The van der Waals surface area contributed by atoms with Crippen LogP contribution < -0.4 is 9.47 Å². The van der Waals surface area contributed by atoms with Crippen LogP contribution in [0.15, 0.2) is 73.6 Å². The van der Waals surface area contributed by atoms with Crippen molar-refractivity contribution in [3.8, 4) is 17.2 Å². The van der Waals surface area contributed by atoms with Gasteiger partial charge in [0.05, 0.1) is 32.3 Å². The van der Waals surface area contributed by atoms with Gasteiger partial charge in [-0.15, -0.1) is 5.10 Å². The number of ether oxygens (including phenoxy) is 4. The number of aromatic nitrogens is 6. The van der Waals surface area contributed by atoms with E-state index in [0.29, 0.717) is 19.8 Å². The second kappa shape index (κ2) is 8.77. The summed E-state index contributed by atoms with van der Waals surface area (Å²) >= 11 is 0. The standard InChI is InChI=1S/C22H22N6O4/c1-29-19-6-2-17(3-7-19)22(14-27-11-10-23-15-27)31-13-21(32-22)12-30-20-8-4-18(5-9-20)28-16-24-25-26-28/h2-11,15-16,21H,12-14H2,1H3. The third kappa shape index (κ3) is 4.18. The van der Waals surface area contributed by atoms with Gasteiger partial charge in [0.2, 0.25) is 5.79 Å². The molecule has 0 aliphatic carbocycles. The molecule has 0 bridgehead atoms. The van der Waals surface area contributed by atoms with Crippen LogP contribution in [0.1, 0.15) is 5.56 Å². The maximum absolute atomic E-state index is 6.42. The quantitative estimate of drug-likeness (QED) is 0.416. The first-order chi connectivity index (χ1) is 15.7. The topological polar surface area (TPSA) is 98.3 Å². The van der Waals surface area contributed by atoms with E-state index in [0.717, 1.165) is 22.7 Å². The summed E-state index contributed by atoms with van der Waals surface area (Å²) in [6.07, 6.45) is 6.66. The van der Waals surface area contributed by atoms with Crippen molar-refractivity contribution in [1.29, 1.82) is 0 Å². The summed E-state index contributed by atoms with van der Waals surface area (Å²) in [5.74, 6) is 0.557. The molecule has 0 amide bonds. The van der Waals surface area contributed by atoms with Gasteiger partial charge in [-0.3, -0.25) is 0 Å². The summed E-state index contributed by atoms with van der Waals surface area (Å²) in [5, 5.41) is 11.2.